The Hall–Kier alpha value is -0.590. The van der Waals surface area contributed by atoms with Crippen molar-refractivity contribution in [2.75, 3.05) is 45.4 Å². The van der Waals surface area contributed by atoms with E-state index in [9.17, 15) is 0 Å². The number of ether oxygens (including phenoxy) is 2. The SMILES string of the molecule is COCCN(CCOC)c1nn(C)cc1Br. The highest BCUT2D eigenvalue weighted by Gasteiger charge is 2.13. The molecule has 0 aliphatic heterocycles. The van der Waals surface area contributed by atoms with Gasteiger partial charge in [-0.25, -0.2) is 0 Å². The van der Waals surface area contributed by atoms with Crippen LogP contribution < -0.4 is 4.90 Å². The van der Waals surface area contributed by atoms with Gasteiger partial charge in [0.1, 0.15) is 0 Å². The molecule has 1 aromatic rings. The van der Waals surface area contributed by atoms with Gasteiger partial charge in [-0.2, -0.15) is 5.10 Å². The summed E-state index contributed by atoms with van der Waals surface area (Å²) in [6.07, 6.45) is 1.93. The smallest absolute Gasteiger partial charge is 0.165 e. The van der Waals surface area contributed by atoms with Gasteiger partial charge in [0.25, 0.3) is 0 Å². The molecule has 0 bridgehead atoms. The van der Waals surface area contributed by atoms with Gasteiger partial charge >= 0.3 is 0 Å². The molecule has 0 saturated carbocycles. The summed E-state index contributed by atoms with van der Waals surface area (Å²) < 4.78 is 12.9. The maximum Gasteiger partial charge on any atom is 0.165 e. The fourth-order valence-corrected chi connectivity index (χ4v) is 2.02. The fourth-order valence-electron chi connectivity index (χ4n) is 1.39. The van der Waals surface area contributed by atoms with Crippen molar-refractivity contribution in [3.63, 3.8) is 0 Å². The van der Waals surface area contributed by atoms with E-state index in [0.29, 0.717) is 13.2 Å². The number of aryl methyl sites for hydroxylation is 1. The van der Waals surface area contributed by atoms with E-state index < -0.39 is 0 Å². The number of hydrogen-bond acceptors (Lipinski definition) is 4. The van der Waals surface area contributed by atoms with Gasteiger partial charge in [-0.05, 0) is 15.9 Å². The molecular formula is C10H18BrN3O2. The van der Waals surface area contributed by atoms with Gasteiger partial charge in [-0.15, -0.1) is 0 Å². The molecule has 1 heterocycles. The Labute approximate surface area is 104 Å². The van der Waals surface area contributed by atoms with Crippen LogP contribution in [0.4, 0.5) is 5.82 Å². The van der Waals surface area contributed by atoms with Crippen LogP contribution in [0.5, 0.6) is 0 Å². The first-order valence-electron chi connectivity index (χ1n) is 5.11. The fraction of sp³-hybridized carbons (Fsp3) is 0.700. The molecular weight excluding hydrogens is 274 g/mol. The standard InChI is InChI=1S/C10H18BrN3O2/c1-13-8-9(11)10(12-13)14(4-6-15-2)5-7-16-3/h8H,4-7H2,1-3H3. The lowest BCUT2D eigenvalue weighted by molar-refractivity contribution is 0.190. The Kier molecular flexibility index (Phi) is 5.79. The second-order valence-corrected chi connectivity index (χ2v) is 4.30. The van der Waals surface area contributed by atoms with Crippen molar-refractivity contribution in [1.82, 2.24) is 9.78 Å². The number of hydrogen-bond donors (Lipinski definition) is 0. The number of aromatic nitrogens is 2. The van der Waals surface area contributed by atoms with E-state index >= 15 is 0 Å². The molecule has 92 valence electrons. The van der Waals surface area contributed by atoms with Crippen molar-refractivity contribution in [1.29, 1.82) is 0 Å². The lowest BCUT2D eigenvalue weighted by Gasteiger charge is -2.21. The Balaban J connectivity index is 2.70. The zero-order chi connectivity index (χ0) is 12.0. The molecule has 0 aromatic carbocycles. The quantitative estimate of drug-likeness (QED) is 0.759. The summed E-state index contributed by atoms with van der Waals surface area (Å²) in [7, 11) is 5.29. The lowest BCUT2D eigenvalue weighted by atomic mass is 10.4. The Bertz CT molecular complexity index is 309. The Morgan fingerprint density at radius 3 is 2.25 bits per heavy atom. The van der Waals surface area contributed by atoms with Crippen LogP contribution in [0.1, 0.15) is 0 Å². The lowest BCUT2D eigenvalue weighted by Crippen LogP contribution is -2.31. The van der Waals surface area contributed by atoms with Crippen LogP contribution in [0.15, 0.2) is 10.7 Å². The van der Waals surface area contributed by atoms with Gasteiger partial charge in [-0.3, -0.25) is 4.68 Å². The first kappa shape index (κ1) is 13.5. The molecule has 0 atom stereocenters. The molecule has 0 amide bonds. The number of anilines is 1. The van der Waals surface area contributed by atoms with Gasteiger partial charge < -0.3 is 14.4 Å². The van der Waals surface area contributed by atoms with Crippen LogP contribution >= 0.6 is 15.9 Å². The summed E-state index contributed by atoms with van der Waals surface area (Å²) >= 11 is 3.49. The molecule has 1 aromatic heterocycles. The Morgan fingerprint density at radius 2 is 1.88 bits per heavy atom. The van der Waals surface area contributed by atoms with E-state index in [1.165, 1.54) is 0 Å². The molecule has 1 rings (SSSR count). The molecule has 0 saturated heterocycles. The highest BCUT2D eigenvalue weighted by Crippen LogP contribution is 2.23. The first-order valence-corrected chi connectivity index (χ1v) is 5.90. The van der Waals surface area contributed by atoms with E-state index in [1.807, 2.05) is 13.2 Å². The maximum absolute atomic E-state index is 5.09. The molecule has 0 spiro atoms. The minimum atomic E-state index is 0.673. The number of methoxy groups -OCH3 is 2. The zero-order valence-electron chi connectivity index (χ0n) is 9.94. The van der Waals surface area contributed by atoms with E-state index in [0.717, 1.165) is 23.4 Å². The van der Waals surface area contributed by atoms with Crippen LogP contribution in [-0.4, -0.2) is 50.3 Å². The summed E-state index contributed by atoms with van der Waals surface area (Å²) in [5, 5.41) is 4.40. The zero-order valence-corrected chi connectivity index (χ0v) is 11.5. The summed E-state index contributed by atoms with van der Waals surface area (Å²) in [4.78, 5) is 2.14. The molecule has 16 heavy (non-hydrogen) atoms. The monoisotopic (exact) mass is 291 g/mol. The van der Waals surface area contributed by atoms with Gasteiger partial charge in [-0.1, -0.05) is 0 Å². The van der Waals surface area contributed by atoms with Crippen molar-refractivity contribution in [3.8, 4) is 0 Å². The molecule has 0 aliphatic carbocycles. The highest BCUT2D eigenvalue weighted by molar-refractivity contribution is 9.10. The highest BCUT2D eigenvalue weighted by atomic mass is 79.9. The molecule has 0 aliphatic rings. The van der Waals surface area contributed by atoms with Crippen molar-refractivity contribution >= 4 is 21.7 Å². The molecule has 0 unspecified atom stereocenters. The molecule has 0 fully saturated rings. The molecule has 0 N–H and O–H groups in total. The number of nitrogens with zero attached hydrogens (tertiary/aromatic N) is 3. The van der Waals surface area contributed by atoms with Crippen LogP contribution in [0.2, 0.25) is 0 Å². The van der Waals surface area contributed by atoms with Crippen molar-refractivity contribution < 1.29 is 9.47 Å². The van der Waals surface area contributed by atoms with Crippen molar-refractivity contribution in [3.05, 3.63) is 10.7 Å². The van der Waals surface area contributed by atoms with Crippen LogP contribution in [0, 0.1) is 0 Å². The molecule has 0 radical (unpaired) electrons. The minimum Gasteiger partial charge on any atom is -0.383 e. The minimum absolute atomic E-state index is 0.673. The average molecular weight is 292 g/mol. The third-order valence-electron chi connectivity index (χ3n) is 2.20. The van der Waals surface area contributed by atoms with E-state index in [-0.39, 0.29) is 0 Å². The topological polar surface area (TPSA) is 39.5 Å². The van der Waals surface area contributed by atoms with E-state index in [1.54, 1.807) is 18.9 Å². The van der Waals surface area contributed by atoms with E-state index in [4.69, 9.17) is 9.47 Å². The van der Waals surface area contributed by atoms with Crippen LogP contribution in [-0.2, 0) is 16.5 Å². The number of halogens is 1. The summed E-state index contributed by atoms with van der Waals surface area (Å²) in [6, 6.07) is 0. The third-order valence-corrected chi connectivity index (χ3v) is 2.76. The van der Waals surface area contributed by atoms with Gasteiger partial charge in [0, 0.05) is 40.6 Å². The van der Waals surface area contributed by atoms with Crippen LogP contribution in [0.25, 0.3) is 0 Å². The van der Waals surface area contributed by atoms with Gasteiger partial charge in [0.15, 0.2) is 5.82 Å². The second-order valence-electron chi connectivity index (χ2n) is 3.45. The van der Waals surface area contributed by atoms with E-state index in [2.05, 4.69) is 25.9 Å². The second kappa shape index (κ2) is 6.88. The largest absolute Gasteiger partial charge is 0.383 e. The number of rotatable bonds is 7. The normalized spacial score (nSPS) is 10.8. The summed E-state index contributed by atoms with van der Waals surface area (Å²) in [5.74, 6) is 0.927. The van der Waals surface area contributed by atoms with Crippen LogP contribution in [0.3, 0.4) is 0 Å². The third kappa shape index (κ3) is 3.77. The average Bonchev–Trinajstić information content (AvgIpc) is 2.58. The van der Waals surface area contributed by atoms with Crippen molar-refractivity contribution in [2.45, 2.75) is 0 Å². The predicted octanol–water partition coefficient (Wildman–Crippen LogP) is 1.28. The summed E-state index contributed by atoms with van der Waals surface area (Å²) in [6.45, 7) is 2.95. The predicted molar refractivity (Wildman–Crippen MR) is 66.9 cm³/mol. The maximum atomic E-state index is 5.09. The molecule has 6 heteroatoms. The summed E-state index contributed by atoms with van der Waals surface area (Å²) in [5.41, 5.74) is 0. The molecule has 5 nitrogen and oxygen atoms in total. The van der Waals surface area contributed by atoms with Gasteiger partial charge in [0.2, 0.25) is 0 Å². The van der Waals surface area contributed by atoms with Gasteiger partial charge in [0.05, 0.1) is 17.7 Å². The Morgan fingerprint density at radius 1 is 1.31 bits per heavy atom. The van der Waals surface area contributed by atoms with Crippen molar-refractivity contribution in [2.24, 2.45) is 7.05 Å². The first-order chi connectivity index (χ1) is 7.69.